The summed E-state index contributed by atoms with van der Waals surface area (Å²) in [6, 6.07) is 7.04. The number of benzene rings is 1. The molecule has 0 bridgehead atoms. The number of carbonyl (C=O) groups excluding carboxylic acids is 1. The van der Waals surface area contributed by atoms with Crippen LogP contribution in [-0.2, 0) is 11.3 Å². The number of nitrogens with one attached hydrogen (secondary N) is 2. The molecule has 1 aliphatic carbocycles. The van der Waals surface area contributed by atoms with Gasteiger partial charge in [-0.3, -0.25) is 14.7 Å². The van der Waals surface area contributed by atoms with Crippen molar-refractivity contribution in [3.63, 3.8) is 0 Å². The summed E-state index contributed by atoms with van der Waals surface area (Å²) in [5.41, 5.74) is 0.468. The molecule has 1 heterocycles. The predicted octanol–water partition coefficient (Wildman–Crippen LogP) is 2.85. The highest BCUT2D eigenvalue weighted by molar-refractivity contribution is 5.85. The number of halogens is 1. The summed E-state index contributed by atoms with van der Waals surface area (Å²) in [6.07, 6.45) is 6.27. The largest absolute Gasteiger partial charge is 0.356 e. The first-order valence-electron chi connectivity index (χ1n) is 11.6. The van der Waals surface area contributed by atoms with Crippen molar-refractivity contribution in [2.75, 3.05) is 47.3 Å². The molecule has 1 amide bonds. The maximum Gasteiger partial charge on any atom is 0.230 e. The Morgan fingerprint density at radius 3 is 2.48 bits per heavy atom. The van der Waals surface area contributed by atoms with Gasteiger partial charge < -0.3 is 15.5 Å². The zero-order valence-electron chi connectivity index (χ0n) is 19.3. The van der Waals surface area contributed by atoms with Crippen molar-refractivity contribution >= 4 is 11.9 Å². The van der Waals surface area contributed by atoms with Crippen LogP contribution in [0.4, 0.5) is 4.39 Å². The Bertz CT molecular complexity index is 752. The van der Waals surface area contributed by atoms with Crippen LogP contribution < -0.4 is 10.6 Å². The average Bonchev–Trinajstić information content (AvgIpc) is 3.26. The van der Waals surface area contributed by atoms with Gasteiger partial charge in [0.25, 0.3) is 0 Å². The van der Waals surface area contributed by atoms with Crippen LogP contribution in [0.2, 0.25) is 0 Å². The van der Waals surface area contributed by atoms with E-state index in [1.54, 1.807) is 18.0 Å². The van der Waals surface area contributed by atoms with Gasteiger partial charge in [-0.05, 0) is 50.8 Å². The van der Waals surface area contributed by atoms with Gasteiger partial charge in [0.2, 0.25) is 5.91 Å². The number of hydrogen-bond donors (Lipinski definition) is 2. The standard InChI is InChI=1S/C24H38FN5O/c1-26-23(28-18-24(12-6-7-13-24)22(31)29(2)3)27-16-19-10-14-30(15-11-19)17-20-8-4-5-9-21(20)25/h4-5,8-9,19H,6-7,10-18H2,1-3H3,(H2,26,27,28). The molecule has 2 N–H and O–H groups in total. The average molecular weight is 432 g/mol. The van der Waals surface area contributed by atoms with Gasteiger partial charge in [0.15, 0.2) is 5.96 Å². The van der Waals surface area contributed by atoms with Crippen molar-refractivity contribution in [3.05, 3.63) is 35.6 Å². The van der Waals surface area contributed by atoms with Crippen LogP contribution >= 0.6 is 0 Å². The first-order valence-corrected chi connectivity index (χ1v) is 11.6. The Balaban J connectivity index is 1.42. The van der Waals surface area contributed by atoms with E-state index in [9.17, 15) is 9.18 Å². The van der Waals surface area contributed by atoms with Crippen molar-refractivity contribution in [2.24, 2.45) is 16.3 Å². The van der Waals surface area contributed by atoms with Gasteiger partial charge in [0.1, 0.15) is 5.82 Å². The van der Waals surface area contributed by atoms with E-state index in [4.69, 9.17) is 0 Å². The van der Waals surface area contributed by atoms with Gasteiger partial charge in [-0.2, -0.15) is 0 Å². The van der Waals surface area contributed by atoms with Crippen molar-refractivity contribution < 1.29 is 9.18 Å². The number of piperidine rings is 1. The Labute approximate surface area is 186 Å². The number of nitrogens with zero attached hydrogens (tertiary/aromatic N) is 3. The minimum atomic E-state index is -0.306. The monoisotopic (exact) mass is 431 g/mol. The third-order valence-electron chi connectivity index (χ3n) is 6.86. The van der Waals surface area contributed by atoms with Crippen LogP contribution in [0.25, 0.3) is 0 Å². The predicted molar refractivity (Wildman–Crippen MR) is 123 cm³/mol. The summed E-state index contributed by atoms with van der Waals surface area (Å²) in [5.74, 6) is 1.44. The molecule has 2 aliphatic rings. The van der Waals surface area contributed by atoms with Crippen LogP contribution in [0.15, 0.2) is 29.3 Å². The van der Waals surface area contributed by atoms with E-state index >= 15 is 0 Å². The van der Waals surface area contributed by atoms with Gasteiger partial charge in [0.05, 0.1) is 5.41 Å². The van der Waals surface area contributed by atoms with Gasteiger partial charge in [0, 0.05) is 46.3 Å². The Morgan fingerprint density at radius 1 is 1.19 bits per heavy atom. The number of guanidine groups is 1. The highest BCUT2D eigenvalue weighted by Gasteiger charge is 2.42. The van der Waals surface area contributed by atoms with Crippen LogP contribution in [0.1, 0.15) is 44.1 Å². The van der Waals surface area contributed by atoms with E-state index in [0.717, 1.165) is 69.7 Å². The first kappa shape index (κ1) is 23.5. The van der Waals surface area contributed by atoms with Crippen molar-refractivity contribution in [2.45, 2.75) is 45.1 Å². The summed E-state index contributed by atoms with van der Waals surface area (Å²) in [7, 11) is 5.46. The summed E-state index contributed by atoms with van der Waals surface area (Å²) in [6.45, 7) is 4.13. The van der Waals surface area contributed by atoms with E-state index in [1.807, 2.05) is 26.2 Å². The second-order valence-electron chi connectivity index (χ2n) is 9.30. The fourth-order valence-corrected chi connectivity index (χ4v) is 4.92. The Morgan fingerprint density at radius 2 is 1.87 bits per heavy atom. The molecule has 0 spiro atoms. The zero-order valence-corrected chi connectivity index (χ0v) is 19.3. The third-order valence-corrected chi connectivity index (χ3v) is 6.86. The molecule has 0 unspecified atom stereocenters. The molecule has 1 saturated carbocycles. The molecule has 1 aliphatic heterocycles. The van der Waals surface area contributed by atoms with Crippen molar-refractivity contribution in [1.29, 1.82) is 0 Å². The van der Waals surface area contributed by atoms with E-state index in [1.165, 1.54) is 6.07 Å². The van der Waals surface area contributed by atoms with Crippen LogP contribution in [-0.4, -0.2) is 69.0 Å². The quantitative estimate of drug-likeness (QED) is 0.515. The van der Waals surface area contributed by atoms with Gasteiger partial charge in [-0.15, -0.1) is 0 Å². The minimum Gasteiger partial charge on any atom is -0.356 e. The zero-order chi connectivity index (χ0) is 22.3. The molecule has 2 fully saturated rings. The summed E-state index contributed by atoms with van der Waals surface area (Å²) in [5, 5.41) is 6.87. The minimum absolute atomic E-state index is 0.117. The molecule has 6 nitrogen and oxygen atoms in total. The van der Waals surface area contributed by atoms with Gasteiger partial charge >= 0.3 is 0 Å². The number of rotatable bonds is 7. The highest BCUT2D eigenvalue weighted by atomic mass is 19.1. The summed E-state index contributed by atoms with van der Waals surface area (Å²) < 4.78 is 13.9. The van der Waals surface area contributed by atoms with Crippen LogP contribution in [0.3, 0.4) is 0 Å². The van der Waals surface area contributed by atoms with E-state index in [0.29, 0.717) is 19.0 Å². The Hall–Kier alpha value is -2.15. The fourth-order valence-electron chi connectivity index (χ4n) is 4.92. The van der Waals surface area contributed by atoms with E-state index in [2.05, 4.69) is 20.5 Å². The molecule has 1 aromatic rings. The molecular weight excluding hydrogens is 393 g/mol. The molecule has 0 radical (unpaired) electrons. The first-order chi connectivity index (χ1) is 14.9. The normalized spacial score (nSPS) is 19.9. The van der Waals surface area contributed by atoms with Crippen molar-refractivity contribution in [1.82, 2.24) is 20.4 Å². The summed E-state index contributed by atoms with van der Waals surface area (Å²) in [4.78, 5) is 21.2. The lowest BCUT2D eigenvalue weighted by molar-refractivity contribution is -0.138. The Kier molecular flexibility index (Phi) is 8.29. The molecule has 1 saturated heterocycles. The van der Waals surface area contributed by atoms with E-state index < -0.39 is 0 Å². The number of carbonyl (C=O) groups is 1. The van der Waals surface area contributed by atoms with Crippen LogP contribution in [0, 0.1) is 17.2 Å². The number of likely N-dealkylation sites (tertiary alicyclic amines) is 1. The molecule has 1 aromatic carbocycles. The third kappa shape index (κ3) is 6.19. The molecule has 0 aromatic heterocycles. The topological polar surface area (TPSA) is 60.0 Å². The molecule has 0 atom stereocenters. The van der Waals surface area contributed by atoms with Crippen LogP contribution in [0.5, 0.6) is 0 Å². The fraction of sp³-hybridized carbons (Fsp3) is 0.667. The van der Waals surface area contributed by atoms with Gasteiger partial charge in [-0.1, -0.05) is 31.0 Å². The molecule has 172 valence electrons. The smallest absolute Gasteiger partial charge is 0.230 e. The summed E-state index contributed by atoms with van der Waals surface area (Å²) >= 11 is 0. The second kappa shape index (κ2) is 10.9. The maximum absolute atomic E-state index is 13.9. The molecule has 31 heavy (non-hydrogen) atoms. The lowest BCUT2D eigenvalue weighted by atomic mass is 9.84. The lowest BCUT2D eigenvalue weighted by Gasteiger charge is -2.33. The number of aliphatic imine (C=N–C) groups is 1. The van der Waals surface area contributed by atoms with Gasteiger partial charge in [-0.25, -0.2) is 4.39 Å². The molecule has 7 heteroatoms. The maximum atomic E-state index is 13.9. The highest BCUT2D eigenvalue weighted by Crippen LogP contribution is 2.38. The number of hydrogen-bond acceptors (Lipinski definition) is 3. The second-order valence-corrected chi connectivity index (χ2v) is 9.30. The lowest BCUT2D eigenvalue weighted by Crippen LogP contribution is -2.50. The SMILES string of the molecule is CN=C(NCC1CCN(Cc2ccccc2F)CC1)NCC1(C(=O)N(C)C)CCCC1. The number of amides is 1. The molecule has 3 rings (SSSR count). The van der Waals surface area contributed by atoms with Crippen molar-refractivity contribution in [3.8, 4) is 0 Å². The van der Waals surface area contributed by atoms with E-state index in [-0.39, 0.29) is 17.1 Å². The molecular formula is C24H38FN5O.